The third kappa shape index (κ3) is 1.67. The molecular formula is C12H11N5O2. The highest BCUT2D eigenvalue weighted by molar-refractivity contribution is 5.92. The van der Waals surface area contributed by atoms with Gasteiger partial charge in [0.25, 0.3) is 0 Å². The van der Waals surface area contributed by atoms with Gasteiger partial charge in [-0.3, -0.25) is 0 Å². The fourth-order valence-electron chi connectivity index (χ4n) is 2.07. The number of carboxylic acids is 1. The van der Waals surface area contributed by atoms with Crippen molar-refractivity contribution < 1.29 is 9.90 Å². The molecule has 3 aromatic heterocycles. The monoisotopic (exact) mass is 257 g/mol. The Bertz CT molecular complexity index is 758. The Kier molecular flexibility index (Phi) is 2.52. The topological polar surface area (TPSA) is 96.7 Å². The second kappa shape index (κ2) is 4.20. The van der Waals surface area contributed by atoms with E-state index in [0.717, 1.165) is 11.2 Å². The van der Waals surface area contributed by atoms with Crippen LogP contribution in [0.15, 0.2) is 24.7 Å². The van der Waals surface area contributed by atoms with Gasteiger partial charge in [-0.05, 0) is 19.1 Å². The minimum atomic E-state index is -1.06. The van der Waals surface area contributed by atoms with E-state index >= 15 is 0 Å². The van der Waals surface area contributed by atoms with Crippen LogP contribution in [0.2, 0.25) is 0 Å². The Morgan fingerprint density at radius 3 is 3.05 bits per heavy atom. The molecule has 0 saturated carbocycles. The molecule has 0 amide bonds. The molecule has 96 valence electrons. The SMILES string of the molecule is CCn1c(-c2nc[nH]c2C(=O)O)nc2cccnc21. The Morgan fingerprint density at radius 2 is 2.32 bits per heavy atom. The summed E-state index contributed by atoms with van der Waals surface area (Å²) in [4.78, 5) is 26.5. The predicted molar refractivity (Wildman–Crippen MR) is 67.7 cm³/mol. The van der Waals surface area contributed by atoms with Crippen molar-refractivity contribution in [2.24, 2.45) is 0 Å². The first kappa shape index (κ1) is 11.4. The number of carbonyl (C=O) groups is 1. The third-order valence-electron chi connectivity index (χ3n) is 2.89. The second-order valence-electron chi connectivity index (χ2n) is 3.96. The van der Waals surface area contributed by atoms with E-state index in [1.807, 2.05) is 17.6 Å². The molecule has 0 aliphatic rings. The summed E-state index contributed by atoms with van der Waals surface area (Å²) in [5.41, 5.74) is 1.80. The van der Waals surface area contributed by atoms with Crippen molar-refractivity contribution in [3.63, 3.8) is 0 Å². The molecule has 0 aromatic carbocycles. The van der Waals surface area contributed by atoms with Crippen LogP contribution in [0.4, 0.5) is 0 Å². The van der Waals surface area contributed by atoms with Gasteiger partial charge in [0.2, 0.25) is 0 Å². The lowest BCUT2D eigenvalue weighted by Gasteiger charge is -2.03. The van der Waals surface area contributed by atoms with Crippen molar-refractivity contribution in [3.8, 4) is 11.5 Å². The van der Waals surface area contributed by atoms with Crippen molar-refractivity contribution >= 4 is 17.1 Å². The number of aryl methyl sites for hydroxylation is 1. The number of aromatic carboxylic acids is 1. The lowest BCUT2D eigenvalue weighted by atomic mass is 10.3. The number of imidazole rings is 2. The number of carboxylic acid groups (broad SMARTS) is 1. The quantitative estimate of drug-likeness (QED) is 0.741. The molecule has 0 aliphatic carbocycles. The maximum absolute atomic E-state index is 11.1. The lowest BCUT2D eigenvalue weighted by molar-refractivity contribution is 0.0692. The van der Waals surface area contributed by atoms with E-state index in [-0.39, 0.29) is 5.69 Å². The predicted octanol–water partition coefficient (Wildman–Crippen LogP) is 1.54. The van der Waals surface area contributed by atoms with Gasteiger partial charge in [-0.1, -0.05) is 0 Å². The summed E-state index contributed by atoms with van der Waals surface area (Å²) in [6.07, 6.45) is 3.04. The summed E-state index contributed by atoms with van der Waals surface area (Å²) < 4.78 is 1.85. The zero-order valence-corrected chi connectivity index (χ0v) is 10.2. The van der Waals surface area contributed by atoms with Crippen LogP contribution in [-0.2, 0) is 6.54 Å². The van der Waals surface area contributed by atoms with Crippen LogP contribution in [0.1, 0.15) is 17.4 Å². The van der Waals surface area contributed by atoms with Gasteiger partial charge in [0.1, 0.15) is 11.2 Å². The molecule has 0 spiro atoms. The number of nitrogens with one attached hydrogen (secondary N) is 1. The van der Waals surface area contributed by atoms with Gasteiger partial charge in [0.05, 0.1) is 6.33 Å². The summed E-state index contributed by atoms with van der Waals surface area (Å²) in [5, 5.41) is 9.13. The summed E-state index contributed by atoms with van der Waals surface area (Å²) in [6, 6.07) is 3.63. The Labute approximate surface area is 108 Å². The first-order chi connectivity index (χ1) is 9.22. The molecule has 7 heteroatoms. The number of hydrogen-bond donors (Lipinski definition) is 2. The van der Waals surface area contributed by atoms with Crippen molar-refractivity contribution in [3.05, 3.63) is 30.4 Å². The van der Waals surface area contributed by atoms with Gasteiger partial charge in [-0.15, -0.1) is 0 Å². The number of fused-ring (bicyclic) bond motifs is 1. The van der Waals surface area contributed by atoms with Crippen LogP contribution in [0, 0.1) is 0 Å². The van der Waals surface area contributed by atoms with E-state index in [1.54, 1.807) is 12.3 Å². The normalized spacial score (nSPS) is 11.0. The largest absolute Gasteiger partial charge is 0.477 e. The molecule has 0 fully saturated rings. The number of aromatic amines is 1. The molecular weight excluding hydrogens is 246 g/mol. The van der Waals surface area contributed by atoms with Gasteiger partial charge in [-0.25, -0.2) is 19.7 Å². The van der Waals surface area contributed by atoms with Crippen LogP contribution < -0.4 is 0 Å². The minimum absolute atomic E-state index is 0.0324. The molecule has 0 saturated heterocycles. The van der Waals surface area contributed by atoms with E-state index in [9.17, 15) is 4.79 Å². The van der Waals surface area contributed by atoms with Crippen LogP contribution >= 0.6 is 0 Å². The molecule has 3 aromatic rings. The Hall–Kier alpha value is -2.70. The highest BCUT2D eigenvalue weighted by Gasteiger charge is 2.20. The molecule has 0 unspecified atom stereocenters. The van der Waals surface area contributed by atoms with Gasteiger partial charge in [-0.2, -0.15) is 0 Å². The van der Waals surface area contributed by atoms with Crippen molar-refractivity contribution in [1.82, 2.24) is 24.5 Å². The van der Waals surface area contributed by atoms with E-state index in [0.29, 0.717) is 18.1 Å². The molecule has 2 N–H and O–H groups in total. The van der Waals surface area contributed by atoms with E-state index in [4.69, 9.17) is 5.11 Å². The zero-order valence-electron chi connectivity index (χ0n) is 10.2. The number of aromatic nitrogens is 5. The molecule has 3 heterocycles. The van der Waals surface area contributed by atoms with Crippen LogP contribution in [0.5, 0.6) is 0 Å². The first-order valence-corrected chi connectivity index (χ1v) is 5.80. The van der Waals surface area contributed by atoms with Gasteiger partial charge >= 0.3 is 5.97 Å². The highest BCUT2D eigenvalue weighted by Crippen LogP contribution is 2.24. The van der Waals surface area contributed by atoms with Crippen LogP contribution in [-0.4, -0.2) is 35.6 Å². The molecule has 0 radical (unpaired) electrons. The fraction of sp³-hybridized carbons (Fsp3) is 0.167. The van der Waals surface area contributed by atoms with Gasteiger partial charge < -0.3 is 14.7 Å². The first-order valence-electron chi connectivity index (χ1n) is 5.80. The van der Waals surface area contributed by atoms with Crippen LogP contribution in [0.25, 0.3) is 22.7 Å². The van der Waals surface area contributed by atoms with Crippen molar-refractivity contribution in [1.29, 1.82) is 0 Å². The van der Waals surface area contributed by atoms with E-state index < -0.39 is 5.97 Å². The summed E-state index contributed by atoms with van der Waals surface area (Å²) >= 11 is 0. The standard InChI is InChI=1S/C12H11N5O2/c1-2-17-10-7(4-3-5-13-10)16-11(17)8-9(12(18)19)15-6-14-8/h3-6H,2H2,1H3,(H,14,15)(H,18,19). The van der Waals surface area contributed by atoms with Gasteiger partial charge in [0, 0.05) is 12.7 Å². The Morgan fingerprint density at radius 1 is 1.47 bits per heavy atom. The van der Waals surface area contributed by atoms with E-state index in [2.05, 4.69) is 19.9 Å². The lowest BCUT2D eigenvalue weighted by Crippen LogP contribution is -2.04. The maximum atomic E-state index is 11.1. The van der Waals surface area contributed by atoms with E-state index in [1.165, 1.54) is 6.33 Å². The molecule has 0 bridgehead atoms. The van der Waals surface area contributed by atoms with Gasteiger partial charge in [0.15, 0.2) is 17.2 Å². The fourth-order valence-corrected chi connectivity index (χ4v) is 2.07. The number of H-pyrrole nitrogens is 1. The number of pyridine rings is 1. The number of nitrogens with zero attached hydrogens (tertiary/aromatic N) is 4. The van der Waals surface area contributed by atoms with Crippen molar-refractivity contribution in [2.75, 3.05) is 0 Å². The minimum Gasteiger partial charge on any atom is -0.477 e. The number of hydrogen-bond acceptors (Lipinski definition) is 4. The molecule has 3 rings (SSSR count). The maximum Gasteiger partial charge on any atom is 0.354 e. The molecule has 0 aliphatic heterocycles. The molecule has 0 atom stereocenters. The Balaban J connectivity index is 2.30. The third-order valence-corrected chi connectivity index (χ3v) is 2.89. The average molecular weight is 257 g/mol. The highest BCUT2D eigenvalue weighted by atomic mass is 16.4. The van der Waals surface area contributed by atoms with Crippen LogP contribution in [0.3, 0.4) is 0 Å². The zero-order chi connectivity index (χ0) is 13.4. The number of rotatable bonds is 3. The second-order valence-corrected chi connectivity index (χ2v) is 3.96. The average Bonchev–Trinajstić information content (AvgIpc) is 3.02. The smallest absolute Gasteiger partial charge is 0.354 e. The summed E-state index contributed by atoms with van der Waals surface area (Å²) in [6.45, 7) is 2.58. The molecule has 7 nitrogen and oxygen atoms in total. The summed E-state index contributed by atoms with van der Waals surface area (Å²) in [5.74, 6) is -0.551. The van der Waals surface area contributed by atoms with Crippen molar-refractivity contribution in [2.45, 2.75) is 13.5 Å². The summed E-state index contributed by atoms with van der Waals surface area (Å²) in [7, 11) is 0. The molecule has 19 heavy (non-hydrogen) atoms.